The predicted octanol–water partition coefficient (Wildman–Crippen LogP) is 4.24. The lowest BCUT2D eigenvalue weighted by atomic mass is 9.61. The van der Waals surface area contributed by atoms with E-state index in [1.807, 2.05) is 36.4 Å². The molecule has 1 fully saturated rings. The molecule has 0 radical (unpaired) electrons. The van der Waals surface area contributed by atoms with E-state index in [0.717, 1.165) is 54.3 Å². The lowest BCUT2D eigenvalue weighted by Gasteiger charge is -2.48. The van der Waals surface area contributed by atoms with Gasteiger partial charge in [-0.1, -0.05) is 31.5 Å². The van der Waals surface area contributed by atoms with Crippen LogP contribution in [0.5, 0.6) is 5.75 Å². The molecule has 0 saturated heterocycles. The highest BCUT2D eigenvalue weighted by atomic mass is 16.5. The summed E-state index contributed by atoms with van der Waals surface area (Å²) in [4.78, 5) is 25.0. The van der Waals surface area contributed by atoms with Gasteiger partial charge in [0, 0.05) is 34.3 Å². The molecule has 1 aliphatic rings. The number of nitrogens with zero attached hydrogens (tertiary/aromatic N) is 2. The molecule has 5 rings (SSSR count). The highest BCUT2D eigenvalue weighted by Gasteiger charge is 2.43. The lowest BCUT2D eigenvalue weighted by Crippen LogP contribution is -2.50. The van der Waals surface area contributed by atoms with Crippen molar-refractivity contribution in [1.29, 1.82) is 0 Å². The second-order valence-electron chi connectivity index (χ2n) is 9.38. The van der Waals surface area contributed by atoms with E-state index in [0.29, 0.717) is 16.7 Å². The first kappa shape index (κ1) is 22.8. The Labute approximate surface area is 203 Å². The molecule has 0 spiro atoms. The number of benzene rings is 2. The Kier molecular flexibility index (Phi) is 6.11. The number of fused-ring (bicyclic) bond motifs is 1. The average Bonchev–Trinajstić information content (AvgIpc) is 3.41. The van der Waals surface area contributed by atoms with Gasteiger partial charge in [-0.2, -0.15) is 10.2 Å². The molecule has 8 heteroatoms. The third-order valence-corrected chi connectivity index (χ3v) is 7.38. The van der Waals surface area contributed by atoms with Gasteiger partial charge in [0.1, 0.15) is 5.75 Å². The summed E-state index contributed by atoms with van der Waals surface area (Å²) in [7, 11) is 1.60. The molecular weight excluding hydrogens is 442 g/mol. The van der Waals surface area contributed by atoms with Crippen LogP contribution in [0.1, 0.15) is 48.7 Å². The highest BCUT2D eigenvalue weighted by Crippen LogP contribution is 2.47. The van der Waals surface area contributed by atoms with Gasteiger partial charge in [0.05, 0.1) is 24.4 Å². The average molecular weight is 472 g/mol. The second kappa shape index (κ2) is 9.37. The van der Waals surface area contributed by atoms with Crippen molar-refractivity contribution in [3.05, 3.63) is 76.5 Å². The van der Waals surface area contributed by atoms with Crippen LogP contribution in [0.25, 0.3) is 21.9 Å². The Morgan fingerprint density at radius 2 is 2.00 bits per heavy atom. The molecular formula is C27H29N5O3. The van der Waals surface area contributed by atoms with Crippen LogP contribution >= 0.6 is 0 Å². The number of aromatic nitrogens is 4. The van der Waals surface area contributed by atoms with Crippen molar-refractivity contribution in [1.82, 2.24) is 25.7 Å². The SMILES string of the molecule is CC[C@]1(CCc2n[nH]c(=O)c3ccccc23)C[C@H](NC(=O)c2ccc(-c3cn[nH]c3)c(OC)c2)C1. The number of aryl methyl sites for hydroxylation is 1. The minimum Gasteiger partial charge on any atom is -0.496 e. The largest absolute Gasteiger partial charge is 0.496 e. The van der Waals surface area contributed by atoms with Gasteiger partial charge in [0.15, 0.2) is 0 Å². The van der Waals surface area contributed by atoms with Crippen LogP contribution in [-0.4, -0.2) is 39.5 Å². The fourth-order valence-corrected chi connectivity index (χ4v) is 5.24. The van der Waals surface area contributed by atoms with Gasteiger partial charge in [-0.3, -0.25) is 14.7 Å². The van der Waals surface area contributed by atoms with E-state index in [4.69, 9.17) is 4.74 Å². The van der Waals surface area contributed by atoms with Crippen LogP contribution in [0.4, 0.5) is 0 Å². The molecule has 2 heterocycles. The Morgan fingerprint density at radius 3 is 2.71 bits per heavy atom. The predicted molar refractivity (Wildman–Crippen MR) is 134 cm³/mol. The molecule has 0 unspecified atom stereocenters. The quantitative estimate of drug-likeness (QED) is 0.356. The fourth-order valence-electron chi connectivity index (χ4n) is 5.24. The number of H-pyrrole nitrogens is 2. The van der Waals surface area contributed by atoms with Crippen molar-refractivity contribution in [2.75, 3.05) is 7.11 Å². The molecule has 2 aromatic carbocycles. The lowest BCUT2D eigenvalue weighted by molar-refractivity contribution is 0.0571. The van der Waals surface area contributed by atoms with E-state index in [1.54, 1.807) is 25.6 Å². The van der Waals surface area contributed by atoms with E-state index >= 15 is 0 Å². The zero-order valence-electron chi connectivity index (χ0n) is 19.9. The summed E-state index contributed by atoms with van der Waals surface area (Å²) in [5.41, 5.74) is 3.30. The van der Waals surface area contributed by atoms with E-state index in [1.165, 1.54) is 0 Å². The number of hydrogen-bond donors (Lipinski definition) is 3. The van der Waals surface area contributed by atoms with Gasteiger partial charge < -0.3 is 10.1 Å². The number of rotatable bonds is 8. The van der Waals surface area contributed by atoms with Crippen molar-refractivity contribution in [3.63, 3.8) is 0 Å². The summed E-state index contributed by atoms with van der Waals surface area (Å²) >= 11 is 0. The van der Waals surface area contributed by atoms with Crippen molar-refractivity contribution in [2.24, 2.45) is 5.41 Å². The van der Waals surface area contributed by atoms with Gasteiger partial charge in [-0.25, -0.2) is 5.10 Å². The standard InChI is InChI=1S/C27H29N5O3/c1-3-27(11-10-23-21-6-4-5-7-22(21)26(34)32-31-23)13-19(14-27)30-25(33)17-8-9-20(24(12-17)35-2)18-15-28-29-16-18/h4-9,12,15-16,19H,3,10-11,13-14H2,1-2H3,(H,28,29)(H,30,33)(H,32,34)/t19-,27-. The molecule has 0 atom stereocenters. The third-order valence-electron chi connectivity index (χ3n) is 7.38. The summed E-state index contributed by atoms with van der Waals surface area (Å²) < 4.78 is 5.52. The van der Waals surface area contributed by atoms with Gasteiger partial charge in [0.2, 0.25) is 0 Å². The van der Waals surface area contributed by atoms with Gasteiger partial charge in [-0.05, 0) is 55.4 Å². The number of nitrogens with one attached hydrogen (secondary N) is 3. The third kappa shape index (κ3) is 4.43. The van der Waals surface area contributed by atoms with Crippen molar-refractivity contribution >= 4 is 16.7 Å². The Balaban J connectivity index is 1.22. The molecule has 35 heavy (non-hydrogen) atoms. The van der Waals surface area contributed by atoms with Crippen LogP contribution in [-0.2, 0) is 6.42 Å². The van der Waals surface area contributed by atoms with Crippen LogP contribution in [0, 0.1) is 5.41 Å². The maximum Gasteiger partial charge on any atom is 0.272 e. The van der Waals surface area contributed by atoms with Crippen LogP contribution in [0.15, 0.2) is 59.7 Å². The summed E-state index contributed by atoms with van der Waals surface area (Å²) in [5.74, 6) is 0.543. The Bertz CT molecular complexity index is 1400. The number of ether oxygens (including phenoxy) is 1. The molecule has 0 aliphatic heterocycles. The maximum absolute atomic E-state index is 12.9. The van der Waals surface area contributed by atoms with E-state index in [2.05, 4.69) is 32.6 Å². The molecule has 0 bridgehead atoms. The number of amides is 1. The second-order valence-corrected chi connectivity index (χ2v) is 9.38. The van der Waals surface area contributed by atoms with Crippen molar-refractivity contribution < 1.29 is 9.53 Å². The summed E-state index contributed by atoms with van der Waals surface area (Å²) in [5, 5.41) is 18.5. The highest BCUT2D eigenvalue weighted by molar-refractivity contribution is 5.96. The van der Waals surface area contributed by atoms with Gasteiger partial charge >= 0.3 is 0 Å². The van der Waals surface area contributed by atoms with E-state index < -0.39 is 0 Å². The molecule has 3 N–H and O–H groups in total. The molecule has 2 aromatic heterocycles. The molecule has 1 aliphatic carbocycles. The van der Waals surface area contributed by atoms with E-state index in [9.17, 15) is 9.59 Å². The van der Waals surface area contributed by atoms with Crippen LogP contribution in [0.3, 0.4) is 0 Å². The smallest absolute Gasteiger partial charge is 0.272 e. The van der Waals surface area contributed by atoms with Gasteiger partial charge in [0.25, 0.3) is 11.5 Å². The summed E-state index contributed by atoms with van der Waals surface area (Å²) in [6.45, 7) is 2.20. The monoisotopic (exact) mass is 471 g/mol. The maximum atomic E-state index is 12.9. The van der Waals surface area contributed by atoms with Gasteiger partial charge in [-0.15, -0.1) is 0 Å². The number of carbonyl (C=O) groups excluding carboxylic acids is 1. The number of carbonyl (C=O) groups is 1. The molecule has 180 valence electrons. The van der Waals surface area contributed by atoms with Crippen LogP contribution in [0.2, 0.25) is 0 Å². The van der Waals surface area contributed by atoms with Crippen LogP contribution < -0.4 is 15.6 Å². The zero-order chi connectivity index (χ0) is 24.4. The number of hydrogen-bond acceptors (Lipinski definition) is 5. The summed E-state index contributed by atoms with van der Waals surface area (Å²) in [6.07, 6.45) is 8.17. The normalized spacial score (nSPS) is 19.3. The Hall–Kier alpha value is -3.94. The fraction of sp³-hybridized carbons (Fsp3) is 0.333. The first-order chi connectivity index (χ1) is 17.0. The number of methoxy groups -OCH3 is 1. The minimum atomic E-state index is -0.157. The first-order valence-electron chi connectivity index (χ1n) is 12.0. The Morgan fingerprint density at radius 1 is 1.20 bits per heavy atom. The van der Waals surface area contributed by atoms with E-state index in [-0.39, 0.29) is 22.9 Å². The minimum absolute atomic E-state index is 0.0926. The molecule has 4 aromatic rings. The first-order valence-corrected chi connectivity index (χ1v) is 12.0. The summed E-state index contributed by atoms with van der Waals surface area (Å²) in [6, 6.07) is 13.2. The molecule has 8 nitrogen and oxygen atoms in total. The zero-order valence-corrected chi connectivity index (χ0v) is 19.9. The van der Waals surface area contributed by atoms with Crippen molar-refractivity contribution in [3.8, 4) is 16.9 Å². The molecule has 1 saturated carbocycles. The van der Waals surface area contributed by atoms with Crippen molar-refractivity contribution in [2.45, 2.75) is 45.1 Å². The molecule has 1 amide bonds. The topological polar surface area (TPSA) is 113 Å². The number of aromatic amines is 2.